The first kappa shape index (κ1) is 18.6. The highest BCUT2D eigenvalue weighted by Gasteiger charge is 2.30. The van der Waals surface area contributed by atoms with E-state index in [1.165, 1.54) is 11.4 Å². The Morgan fingerprint density at radius 2 is 2.04 bits per heavy atom. The second-order valence-electron chi connectivity index (χ2n) is 6.53. The molecule has 1 aliphatic rings. The number of sulfonamides is 1. The Morgan fingerprint density at radius 3 is 2.65 bits per heavy atom. The van der Waals surface area contributed by atoms with Crippen molar-refractivity contribution in [3.8, 4) is 0 Å². The first-order chi connectivity index (χ1) is 12.4. The molecular formula is C18H23N3O4S. The van der Waals surface area contributed by atoms with Crippen LogP contribution in [-0.4, -0.2) is 48.7 Å². The number of ether oxygens (including phenoxy) is 1. The number of rotatable bonds is 5. The number of aryl methyl sites for hydroxylation is 1. The standard InChI is InChI=1S/C18H23N3O4S/c1-20-13-16(12-19-20)15-6-8-21(9-7-15)26(23,24)17-5-3-4-14(10-17)11-18(22)25-2/h3-5,10,12-13,15H,6-9,11H2,1-2H3. The van der Waals surface area contributed by atoms with Crippen molar-refractivity contribution in [3.63, 3.8) is 0 Å². The number of esters is 1. The Labute approximate surface area is 153 Å². The largest absolute Gasteiger partial charge is 0.469 e. The van der Waals surface area contributed by atoms with E-state index in [9.17, 15) is 13.2 Å². The van der Waals surface area contributed by atoms with E-state index in [1.54, 1.807) is 28.9 Å². The number of aromatic nitrogens is 2. The minimum Gasteiger partial charge on any atom is -0.469 e. The lowest BCUT2D eigenvalue weighted by atomic mass is 9.93. The second-order valence-corrected chi connectivity index (χ2v) is 8.46. The summed E-state index contributed by atoms with van der Waals surface area (Å²) in [6, 6.07) is 6.51. The molecule has 0 radical (unpaired) electrons. The average molecular weight is 377 g/mol. The predicted molar refractivity (Wildman–Crippen MR) is 96.1 cm³/mol. The van der Waals surface area contributed by atoms with Gasteiger partial charge in [0.1, 0.15) is 0 Å². The fourth-order valence-corrected chi connectivity index (χ4v) is 4.82. The summed E-state index contributed by atoms with van der Waals surface area (Å²) in [5.41, 5.74) is 1.78. The van der Waals surface area contributed by atoms with Gasteiger partial charge in [-0.1, -0.05) is 12.1 Å². The van der Waals surface area contributed by atoms with Gasteiger partial charge in [-0.2, -0.15) is 9.40 Å². The predicted octanol–water partition coefficient (Wildman–Crippen LogP) is 1.70. The molecule has 8 heteroatoms. The van der Waals surface area contributed by atoms with Crippen molar-refractivity contribution in [1.82, 2.24) is 14.1 Å². The van der Waals surface area contributed by atoms with Crippen LogP contribution in [0.4, 0.5) is 0 Å². The van der Waals surface area contributed by atoms with Gasteiger partial charge in [-0.05, 0) is 42.0 Å². The molecule has 0 saturated carbocycles. The third-order valence-corrected chi connectivity index (χ3v) is 6.66. The van der Waals surface area contributed by atoms with Crippen molar-refractivity contribution < 1.29 is 17.9 Å². The molecule has 0 unspecified atom stereocenters. The maximum absolute atomic E-state index is 12.9. The SMILES string of the molecule is COC(=O)Cc1cccc(S(=O)(=O)N2CCC(c3cnn(C)c3)CC2)c1. The molecule has 3 rings (SSSR count). The van der Waals surface area contributed by atoms with Gasteiger partial charge in [0.25, 0.3) is 0 Å². The van der Waals surface area contributed by atoms with Crippen LogP contribution in [0.1, 0.15) is 29.9 Å². The summed E-state index contributed by atoms with van der Waals surface area (Å²) in [6.07, 6.45) is 5.44. The van der Waals surface area contributed by atoms with Crippen molar-refractivity contribution in [1.29, 1.82) is 0 Å². The lowest BCUT2D eigenvalue weighted by molar-refractivity contribution is -0.139. The van der Waals surface area contributed by atoms with E-state index < -0.39 is 16.0 Å². The highest BCUT2D eigenvalue weighted by atomic mass is 32.2. The van der Waals surface area contributed by atoms with Crippen molar-refractivity contribution in [2.24, 2.45) is 7.05 Å². The number of hydrogen-bond donors (Lipinski definition) is 0. The molecule has 1 saturated heterocycles. The highest BCUT2D eigenvalue weighted by molar-refractivity contribution is 7.89. The van der Waals surface area contributed by atoms with Gasteiger partial charge in [0.15, 0.2) is 0 Å². The van der Waals surface area contributed by atoms with Crippen LogP contribution in [0.5, 0.6) is 0 Å². The monoisotopic (exact) mass is 377 g/mol. The third kappa shape index (κ3) is 3.96. The van der Waals surface area contributed by atoms with Crippen LogP contribution in [0.25, 0.3) is 0 Å². The van der Waals surface area contributed by atoms with E-state index in [-0.39, 0.29) is 11.3 Å². The Bertz CT molecular complexity index is 883. The molecule has 0 spiro atoms. The number of piperidine rings is 1. The van der Waals surface area contributed by atoms with Crippen LogP contribution >= 0.6 is 0 Å². The van der Waals surface area contributed by atoms with Crippen LogP contribution < -0.4 is 0 Å². The van der Waals surface area contributed by atoms with Crippen molar-refractivity contribution in [2.75, 3.05) is 20.2 Å². The zero-order chi connectivity index (χ0) is 18.7. The second kappa shape index (κ2) is 7.59. The summed E-state index contributed by atoms with van der Waals surface area (Å²) in [5.74, 6) is -0.0577. The quantitative estimate of drug-likeness (QED) is 0.741. The molecule has 0 atom stereocenters. The zero-order valence-electron chi connectivity index (χ0n) is 15.0. The number of carbonyl (C=O) groups excluding carboxylic acids is 1. The van der Waals surface area contributed by atoms with Gasteiger partial charge in [0, 0.05) is 26.3 Å². The Morgan fingerprint density at radius 1 is 1.31 bits per heavy atom. The average Bonchev–Trinajstić information content (AvgIpc) is 3.08. The topological polar surface area (TPSA) is 81.5 Å². The summed E-state index contributed by atoms with van der Waals surface area (Å²) >= 11 is 0. The van der Waals surface area contributed by atoms with Gasteiger partial charge in [0.2, 0.25) is 10.0 Å². The number of carbonyl (C=O) groups is 1. The van der Waals surface area contributed by atoms with E-state index in [0.717, 1.165) is 18.4 Å². The van der Waals surface area contributed by atoms with Crippen LogP contribution in [0, 0.1) is 0 Å². The first-order valence-corrected chi connectivity index (χ1v) is 9.98. The molecule has 1 aromatic heterocycles. The van der Waals surface area contributed by atoms with Gasteiger partial charge in [-0.25, -0.2) is 8.42 Å². The summed E-state index contributed by atoms with van der Waals surface area (Å²) in [4.78, 5) is 11.6. The molecule has 140 valence electrons. The van der Waals surface area contributed by atoms with Crippen LogP contribution in [0.15, 0.2) is 41.6 Å². The lowest BCUT2D eigenvalue weighted by Gasteiger charge is -2.30. The van der Waals surface area contributed by atoms with Crippen LogP contribution in [0.3, 0.4) is 0 Å². The highest BCUT2D eigenvalue weighted by Crippen LogP contribution is 2.30. The Kier molecular flexibility index (Phi) is 5.43. The van der Waals surface area contributed by atoms with E-state index in [4.69, 9.17) is 0 Å². The molecule has 2 heterocycles. The fourth-order valence-electron chi connectivity index (χ4n) is 3.28. The van der Waals surface area contributed by atoms with Crippen molar-refractivity contribution in [2.45, 2.75) is 30.1 Å². The minimum atomic E-state index is -3.57. The number of nitrogens with zero attached hydrogens (tertiary/aromatic N) is 3. The smallest absolute Gasteiger partial charge is 0.309 e. The molecule has 1 aliphatic heterocycles. The van der Waals surface area contributed by atoms with Crippen LogP contribution in [0.2, 0.25) is 0 Å². The van der Waals surface area contributed by atoms with Crippen molar-refractivity contribution >= 4 is 16.0 Å². The maximum Gasteiger partial charge on any atom is 0.309 e. The molecular weight excluding hydrogens is 354 g/mol. The lowest BCUT2D eigenvalue weighted by Crippen LogP contribution is -2.37. The maximum atomic E-state index is 12.9. The molecule has 0 N–H and O–H groups in total. The van der Waals surface area contributed by atoms with E-state index >= 15 is 0 Å². The Balaban J connectivity index is 1.71. The minimum absolute atomic E-state index is 0.0585. The summed E-state index contributed by atoms with van der Waals surface area (Å²) in [6.45, 7) is 0.951. The summed E-state index contributed by atoms with van der Waals surface area (Å²) in [5, 5.41) is 4.19. The molecule has 0 aliphatic carbocycles. The molecule has 1 aromatic carbocycles. The molecule has 7 nitrogen and oxygen atoms in total. The van der Waals surface area contributed by atoms with Gasteiger partial charge < -0.3 is 4.74 Å². The van der Waals surface area contributed by atoms with E-state index in [0.29, 0.717) is 24.6 Å². The number of methoxy groups -OCH3 is 1. The fraction of sp³-hybridized carbons (Fsp3) is 0.444. The molecule has 1 fully saturated rings. The summed E-state index contributed by atoms with van der Waals surface area (Å²) in [7, 11) is -0.373. The summed E-state index contributed by atoms with van der Waals surface area (Å²) < 4.78 is 33.8. The molecule has 0 bridgehead atoms. The Hall–Kier alpha value is -2.19. The van der Waals surface area contributed by atoms with Gasteiger partial charge in [-0.15, -0.1) is 0 Å². The zero-order valence-corrected chi connectivity index (χ0v) is 15.8. The third-order valence-electron chi connectivity index (χ3n) is 4.76. The van der Waals surface area contributed by atoms with Gasteiger partial charge in [0.05, 0.1) is 24.6 Å². The number of hydrogen-bond acceptors (Lipinski definition) is 5. The number of benzene rings is 1. The molecule has 2 aromatic rings. The molecule has 26 heavy (non-hydrogen) atoms. The van der Waals surface area contributed by atoms with Gasteiger partial charge >= 0.3 is 5.97 Å². The molecule has 0 amide bonds. The first-order valence-electron chi connectivity index (χ1n) is 8.54. The van der Waals surface area contributed by atoms with Crippen molar-refractivity contribution in [3.05, 3.63) is 47.8 Å². The normalized spacial score (nSPS) is 16.5. The van der Waals surface area contributed by atoms with Crippen LogP contribution in [-0.2, 0) is 33.0 Å². The van der Waals surface area contributed by atoms with Gasteiger partial charge in [-0.3, -0.25) is 9.48 Å². The van der Waals surface area contributed by atoms with E-state index in [1.807, 2.05) is 19.4 Å². The van der Waals surface area contributed by atoms with E-state index in [2.05, 4.69) is 9.84 Å².